The van der Waals surface area contributed by atoms with E-state index in [0.29, 0.717) is 11.3 Å². The second-order valence-corrected chi connectivity index (χ2v) is 3.20. The lowest BCUT2D eigenvalue weighted by atomic mass is 9.98. The van der Waals surface area contributed by atoms with Gasteiger partial charge in [0.15, 0.2) is 0 Å². The molecule has 0 radical (unpaired) electrons. The van der Waals surface area contributed by atoms with E-state index in [1.807, 2.05) is 0 Å². The average molecular weight is 227 g/mol. The summed E-state index contributed by atoms with van der Waals surface area (Å²) in [6, 6.07) is 3.94. The van der Waals surface area contributed by atoms with Gasteiger partial charge in [-0.05, 0) is 18.2 Å². The maximum Gasteiger partial charge on any atom is 0.314 e. The van der Waals surface area contributed by atoms with Crippen LogP contribution in [-0.4, -0.2) is 26.7 Å². The number of carbonyl (C=O) groups is 1. The van der Waals surface area contributed by atoms with Gasteiger partial charge >= 0.3 is 5.97 Å². The van der Waals surface area contributed by atoms with Crippen molar-refractivity contribution in [3.63, 3.8) is 0 Å². The minimum Gasteiger partial charge on any atom is -0.496 e. The van der Waals surface area contributed by atoms with Gasteiger partial charge in [0, 0.05) is 12.1 Å². The third-order valence-electron chi connectivity index (χ3n) is 2.29. The first-order valence-electron chi connectivity index (χ1n) is 4.75. The second kappa shape index (κ2) is 5.46. The predicted molar refractivity (Wildman–Crippen MR) is 56.8 cm³/mol. The monoisotopic (exact) mass is 227 g/mol. The molecule has 1 atom stereocenters. The molecule has 0 spiro atoms. The van der Waals surface area contributed by atoms with Crippen LogP contribution in [0.3, 0.4) is 0 Å². The largest absolute Gasteiger partial charge is 0.496 e. The van der Waals surface area contributed by atoms with Crippen molar-refractivity contribution < 1.29 is 18.7 Å². The van der Waals surface area contributed by atoms with E-state index in [-0.39, 0.29) is 6.54 Å². The normalized spacial score (nSPS) is 12.0. The summed E-state index contributed by atoms with van der Waals surface area (Å²) in [6.07, 6.45) is 0. The van der Waals surface area contributed by atoms with Crippen molar-refractivity contribution in [1.29, 1.82) is 0 Å². The Kier molecular flexibility index (Phi) is 4.25. The summed E-state index contributed by atoms with van der Waals surface area (Å²) in [5.41, 5.74) is 5.88. The highest BCUT2D eigenvalue weighted by Crippen LogP contribution is 2.27. The molecular weight excluding hydrogens is 213 g/mol. The minimum atomic E-state index is -0.712. The number of benzene rings is 1. The van der Waals surface area contributed by atoms with E-state index in [1.54, 1.807) is 0 Å². The topological polar surface area (TPSA) is 61.5 Å². The summed E-state index contributed by atoms with van der Waals surface area (Å²) >= 11 is 0. The maximum absolute atomic E-state index is 13.1. The molecule has 5 heteroatoms. The van der Waals surface area contributed by atoms with Crippen LogP contribution in [0.1, 0.15) is 11.5 Å². The standard InChI is InChI=1S/C11H14FNO3/c1-15-10-4-3-7(12)5-8(10)9(6-13)11(14)16-2/h3-5,9H,6,13H2,1-2H3. The molecule has 1 unspecified atom stereocenters. The zero-order chi connectivity index (χ0) is 12.1. The van der Waals surface area contributed by atoms with Crippen molar-refractivity contribution in [2.45, 2.75) is 5.92 Å². The van der Waals surface area contributed by atoms with E-state index in [2.05, 4.69) is 4.74 Å². The smallest absolute Gasteiger partial charge is 0.314 e. The van der Waals surface area contributed by atoms with Crippen LogP contribution in [0.15, 0.2) is 18.2 Å². The molecule has 0 heterocycles. The van der Waals surface area contributed by atoms with Crippen LogP contribution in [0.4, 0.5) is 4.39 Å². The van der Waals surface area contributed by atoms with Crippen molar-refractivity contribution in [3.8, 4) is 5.75 Å². The Balaban J connectivity index is 3.17. The number of ether oxygens (including phenoxy) is 2. The highest BCUT2D eigenvalue weighted by Gasteiger charge is 2.23. The van der Waals surface area contributed by atoms with E-state index < -0.39 is 17.7 Å². The molecule has 0 aliphatic rings. The fraction of sp³-hybridized carbons (Fsp3) is 0.364. The molecular formula is C11H14FNO3. The Morgan fingerprint density at radius 1 is 1.50 bits per heavy atom. The fourth-order valence-electron chi connectivity index (χ4n) is 1.47. The number of halogens is 1. The Hall–Kier alpha value is -1.62. The van der Waals surface area contributed by atoms with Crippen LogP contribution in [0.2, 0.25) is 0 Å². The van der Waals surface area contributed by atoms with Crippen molar-refractivity contribution in [2.75, 3.05) is 20.8 Å². The summed E-state index contributed by atoms with van der Waals surface area (Å²) < 4.78 is 22.7. The zero-order valence-electron chi connectivity index (χ0n) is 9.20. The number of esters is 1. The molecule has 0 saturated carbocycles. The van der Waals surface area contributed by atoms with Gasteiger partial charge in [-0.2, -0.15) is 0 Å². The third kappa shape index (κ3) is 2.49. The van der Waals surface area contributed by atoms with Crippen molar-refractivity contribution in [1.82, 2.24) is 0 Å². The average Bonchev–Trinajstić information content (AvgIpc) is 2.30. The lowest BCUT2D eigenvalue weighted by molar-refractivity contribution is -0.142. The minimum absolute atomic E-state index is 0.0342. The summed E-state index contributed by atoms with van der Waals surface area (Å²) in [5.74, 6) is -1.25. The van der Waals surface area contributed by atoms with E-state index in [1.165, 1.54) is 32.4 Å². The van der Waals surface area contributed by atoms with Gasteiger partial charge in [0.05, 0.1) is 20.1 Å². The fourth-order valence-corrected chi connectivity index (χ4v) is 1.47. The summed E-state index contributed by atoms with van der Waals surface area (Å²) in [7, 11) is 2.71. The van der Waals surface area contributed by atoms with E-state index in [4.69, 9.17) is 10.5 Å². The highest BCUT2D eigenvalue weighted by atomic mass is 19.1. The van der Waals surface area contributed by atoms with Crippen LogP contribution in [0, 0.1) is 5.82 Å². The lowest BCUT2D eigenvalue weighted by Gasteiger charge is -2.16. The summed E-state index contributed by atoms with van der Waals surface area (Å²) in [5, 5.41) is 0. The molecule has 2 N–H and O–H groups in total. The van der Waals surface area contributed by atoms with Gasteiger partial charge < -0.3 is 15.2 Å². The SMILES string of the molecule is COC(=O)C(CN)c1cc(F)ccc1OC. The van der Waals surface area contributed by atoms with E-state index in [0.717, 1.165) is 0 Å². The molecule has 1 aromatic carbocycles. The van der Waals surface area contributed by atoms with Gasteiger partial charge in [-0.3, -0.25) is 4.79 Å². The van der Waals surface area contributed by atoms with Crippen LogP contribution < -0.4 is 10.5 Å². The molecule has 0 aromatic heterocycles. The number of rotatable bonds is 4. The van der Waals surface area contributed by atoms with Gasteiger partial charge in [0.25, 0.3) is 0 Å². The number of nitrogens with two attached hydrogens (primary N) is 1. The third-order valence-corrected chi connectivity index (χ3v) is 2.29. The quantitative estimate of drug-likeness (QED) is 0.781. The van der Waals surface area contributed by atoms with Gasteiger partial charge in [-0.1, -0.05) is 0 Å². The first kappa shape index (κ1) is 12.4. The van der Waals surface area contributed by atoms with Crippen LogP contribution in [0.5, 0.6) is 5.75 Å². The van der Waals surface area contributed by atoms with E-state index in [9.17, 15) is 9.18 Å². The molecule has 0 aliphatic carbocycles. The molecule has 0 amide bonds. The zero-order valence-corrected chi connectivity index (χ0v) is 9.20. The number of hydrogen-bond donors (Lipinski definition) is 1. The molecule has 1 rings (SSSR count). The first-order valence-corrected chi connectivity index (χ1v) is 4.75. The Morgan fingerprint density at radius 3 is 2.69 bits per heavy atom. The highest BCUT2D eigenvalue weighted by molar-refractivity contribution is 5.79. The van der Waals surface area contributed by atoms with Crippen molar-refractivity contribution in [2.24, 2.45) is 5.73 Å². The summed E-state index contributed by atoms with van der Waals surface area (Å²) in [6.45, 7) is 0.0342. The first-order chi connectivity index (χ1) is 7.63. The molecule has 4 nitrogen and oxygen atoms in total. The van der Waals surface area contributed by atoms with Crippen LogP contribution >= 0.6 is 0 Å². The summed E-state index contributed by atoms with van der Waals surface area (Å²) in [4.78, 5) is 11.4. The lowest BCUT2D eigenvalue weighted by Crippen LogP contribution is -2.23. The second-order valence-electron chi connectivity index (χ2n) is 3.20. The molecule has 16 heavy (non-hydrogen) atoms. The number of carbonyl (C=O) groups excluding carboxylic acids is 1. The van der Waals surface area contributed by atoms with E-state index >= 15 is 0 Å². The van der Waals surface area contributed by atoms with Gasteiger partial charge in [0.1, 0.15) is 11.6 Å². The Labute approximate surface area is 93.2 Å². The van der Waals surface area contributed by atoms with Gasteiger partial charge in [-0.15, -0.1) is 0 Å². The molecule has 88 valence electrons. The number of hydrogen-bond acceptors (Lipinski definition) is 4. The van der Waals surface area contributed by atoms with Crippen LogP contribution in [0.25, 0.3) is 0 Å². The van der Waals surface area contributed by atoms with Crippen molar-refractivity contribution in [3.05, 3.63) is 29.6 Å². The van der Waals surface area contributed by atoms with Crippen molar-refractivity contribution >= 4 is 5.97 Å². The molecule has 1 aromatic rings. The van der Waals surface area contributed by atoms with Gasteiger partial charge in [0.2, 0.25) is 0 Å². The van der Waals surface area contributed by atoms with Crippen LogP contribution in [-0.2, 0) is 9.53 Å². The van der Waals surface area contributed by atoms with Gasteiger partial charge in [-0.25, -0.2) is 4.39 Å². The number of methoxy groups -OCH3 is 2. The molecule has 0 aliphatic heterocycles. The molecule has 0 saturated heterocycles. The Bertz CT molecular complexity index is 381. The maximum atomic E-state index is 13.1. The Morgan fingerprint density at radius 2 is 2.19 bits per heavy atom. The molecule has 0 fully saturated rings. The predicted octanol–water partition coefficient (Wildman–Crippen LogP) is 1.05. The molecule has 0 bridgehead atoms.